The van der Waals surface area contributed by atoms with Crippen molar-refractivity contribution in [2.75, 3.05) is 26.4 Å². The number of aromatic nitrogens is 1. The van der Waals surface area contributed by atoms with Gasteiger partial charge in [-0.05, 0) is 76.8 Å². The number of fused-ring (bicyclic) bond motifs is 1. The van der Waals surface area contributed by atoms with Crippen LogP contribution in [0.5, 0.6) is 11.6 Å². The van der Waals surface area contributed by atoms with Crippen molar-refractivity contribution in [3.05, 3.63) is 29.3 Å². The number of nitrogens with one attached hydrogen (secondary N) is 3. The highest BCUT2D eigenvalue weighted by molar-refractivity contribution is 7.85. The van der Waals surface area contributed by atoms with Gasteiger partial charge in [0.1, 0.15) is 29.5 Å². The van der Waals surface area contributed by atoms with Crippen LogP contribution in [0, 0.1) is 11.8 Å². The molecule has 0 bridgehead atoms. The molecule has 4 amide bonds. The molecule has 320 valence electrons. The second-order valence-corrected chi connectivity index (χ2v) is 17.1. The summed E-state index contributed by atoms with van der Waals surface area (Å²) >= 11 is 6.47. The fourth-order valence-corrected chi connectivity index (χ4v) is 8.50. The summed E-state index contributed by atoms with van der Waals surface area (Å²) in [6, 6.07) is 3.73. The molecule has 6 rings (SSSR count). The van der Waals surface area contributed by atoms with Gasteiger partial charge in [-0.2, -0.15) is 21.6 Å². The van der Waals surface area contributed by atoms with Crippen molar-refractivity contribution < 1.29 is 63.9 Å². The van der Waals surface area contributed by atoms with E-state index in [1.165, 1.54) is 6.07 Å². The number of carbonyl (C=O) groups is 4. The van der Waals surface area contributed by atoms with Crippen molar-refractivity contribution in [2.45, 2.75) is 114 Å². The Bertz CT molecular complexity index is 2010. The van der Waals surface area contributed by atoms with Crippen molar-refractivity contribution in [2.24, 2.45) is 11.8 Å². The number of carbonyl (C=O) groups excluding carboxylic acids is 4. The molecule has 0 spiro atoms. The van der Waals surface area contributed by atoms with E-state index < -0.39 is 87.6 Å². The number of alkyl carbamates (subject to hydrolysis) is 1. The monoisotopic (exact) mass is 861 g/mol. The number of pyridine rings is 1. The van der Waals surface area contributed by atoms with E-state index in [1.807, 2.05) is 4.72 Å². The van der Waals surface area contributed by atoms with Gasteiger partial charge in [0.05, 0.1) is 29.8 Å². The van der Waals surface area contributed by atoms with E-state index in [0.717, 1.165) is 4.90 Å². The first kappa shape index (κ1) is 43.4. The van der Waals surface area contributed by atoms with Gasteiger partial charge < -0.3 is 34.5 Å². The molecule has 3 heterocycles. The number of hydrogen-bond acceptors (Lipinski definition) is 12. The van der Waals surface area contributed by atoms with Crippen LogP contribution in [0.2, 0.25) is 5.02 Å². The number of halogens is 4. The van der Waals surface area contributed by atoms with Crippen LogP contribution >= 0.6 is 11.6 Å². The summed E-state index contributed by atoms with van der Waals surface area (Å²) < 4.78 is 95.6. The first-order valence-corrected chi connectivity index (χ1v) is 21.0. The van der Waals surface area contributed by atoms with Gasteiger partial charge in [0.25, 0.3) is 5.91 Å². The molecule has 0 radical (unpaired) electrons. The largest absolute Gasteiger partial charge is 0.488 e. The molecule has 4 aliphatic rings. The number of hydrogen-bond donors (Lipinski definition) is 3. The number of likely N-dealkylation sites (tertiary alicyclic amines) is 1. The first-order valence-electron chi connectivity index (χ1n) is 19.2. The third-order valence-corrected chi connectivity index (χ3v) is 12.1. The zero-order valence-electron chi connectivity index (χ0n) is 32.4. The molecular formula is C37H47ClF3N5O11S. The molecule has 2 aromatic rings. The van der Waals surface area contributed by atoms with Crippen LogP contribution in [0.25, 0.3) is 10.9 Å². The molecule has 2 aliphatic heterocycles. The SMILES string of the molecule is CCOc1cc(O[C@@H]2C[C@@H](C(=O)N[C@]3(C(=O)NS(=O)(=O)OC4CC4)C[C@H]3CC)N(C(=O)[C@@H](NC(=O)OC(C)(C)C(F)(F)F)C3CCOCC3)C2)c2cccc(Cl)c2n1. The van der Waals surface area contributed by atoms with Gasteiger partial charge in [-0.1, -0.05) is 31.0 Å². The first-order chi connectivity index (χ1) is 27.3. The fourth-order valence-electron chi connectivity index (χ4n) is 7.27. The lowest BCUT2D eigenvalue weighted by Gasteiger charge is -2.35. The molecule has 58 heavy (non-hydrogen) atoms. The molecule has 3 N–H and O–H groups in total. The number of ether oxygens (including phenoxy) is 4. The molecule has 1 aromatic carbocycles. The topological polar surface area (TPSA) is 201 Å². The fraction of sp³-hybridized carbons (Fsp3) is 0.649. The molecule has 0 unspecified atom stereocenters. The van der Waals surface area contributed by atoms with Gasteiger partial charge in [-0.15, -0.1) is 0 Å². The molecule has 2 aliphatic carbocycles. The Morgan fingerprint density at radius 3 is 2.41 bits per heavy atom. The van der Waals surface area contributed by atoms with Gasteiger partial charge >= 0.3 is 22.6 Å². The summed E-state index contributed by atoms with van der Waals surface area (Å²) in [4.78, 5) is 61.4. The highest BCUT2D eigenvalue weighted by Crippen LogP contribution is 2.47. The van der Waals surface area contributed by atoms with Gasteiger partial charge in [-0.25, -0.2) is 14.5 Å². The van der Waals surface area contributed by atoms with Gasteiger partial charge in [0, 0.05) is 31.1 Å². The average Bonchev–Trinajstić information content (AvgIpc) is 4.06. The predicted octanol–water partition coefficient (Wildman–Crippen LogP) is 4.32. The maximum atomic E-state index is 14.7. The summed E-state index contributed by atoms with van der Waals surface area (Å²) in [5, 5.41) is 5.86. The third kappa shape index (κ3) is 9.66. The van der Waals surface area contributed by atoms with Crippen molar-refractivity contribution in [1.29, 1.82) is 0 Å². The predicted molar refractivity (Wildman–Crippen MR) is 200 cm³/mol. The molecular weight excluding hydrogens is 815 g/mol. The minimum atomic E-state index is -4.93. The summed E-state index contributed by atoms with van der Waals surface area (Å²) in [5.74, 6) is -3.29. The number of benzene rings is 1. The molecule has 16 nitrogen and oxygen atoms in total. The Morgan fingerprint density at radius 1 is 1.09 bits per heavy atom. The van der Waals surface area contributed by atoms with Crippen LogP contribution in [-0.4, -0.2) is 110 Å². The van der Waals surface area contributed by atoms with Gasteiger partial charge in [-0.3, -0.25) is 18.6 Å². The second kappa shape index (κ2) is 16.8. The van der Waals surface area contributed by atoms with Crippen molar-refractivity contribution in [3.63, 3.8) is 0 Å². The van der Waals surface area contributed by atoms with E-state index in [4.69, 9.17) is 34.7 Å². The molecule has 5 atom stereocenters. The normalized spacial score (nSPS) is 24.5. The number of rotatable bonds is 15. The molecule has 2 saturated heterocycles. The molecule has 1 aromatic heterocycles. The van der Waals surface area contributed by atoms with Gasteiger partial charge in [0.2, 0.25) is 23.3 Å². The minimum Gasteiger partial charge on any atom is -0.488 e. The summed E-state index contributed by atoms with van der Waals surface area (Å²) in [7, 11) is -4.49. The Labute approximate surface area is 338 Å². The van der Waals surface area contributed by atoms with E-state index in [-0.39, 0.29) is 63.7 Å². The standard InChI is InChI=1S/C37H47ClF3N5O11S/c1-5-21-18-36(21,33(49)45-58(51,52)57-22-10-11-22)44-31(47)26-16-23(55-27-17-28(54-6-2)42-30-24(27)8-7-9-25(30)38)19-46(26)32(48)29(20-12-14-53-15-13-20)43-34(50)56-35(3,4)37(39,40)41/h7-9,17,20-23,26,29H,5-6,10-16,18-19H2,1-4H3,(H,43,50)(H,44,47)(H,45,49)/t21-,23-,26+,29+,36-/m1/s1. The minimum absolute atomic E-state index is 0.0949. The average molecular weight is 862 g/mol. The quantitative estimate of drug-likeness (QED) is 0.230. The Kier molecular flexibility index (Phi) is 12.6. The third-order valence-electron chi connectivity index (χ3n) is 10.8. The summed E-state index contributed by atoms with van der Waals surface area (Å²) in [6.45, 7) is 5.26. The highest BCUT2D eigenvalue weighted by Gasteiger charge is 2.62. The summed E-state index contributed by atoms with van der Waals surface area (Å²) in [5.41, 5.74) is -4.20. The zero-order chi connectivity index (χ0) is 42.2. The van der Waals surface area contributed by atoms with Crippen molar-refractivity contribution in [1.82, 2.24) is 25.2 Å². The maximum absolute atomic E-state index is 14.7. The zero-order valence-corrected chi connectivity index (χ0v) is 33.9. The summed E-state index contributed by atoms with van der Waals surface area (Å²) in [6.07, 6.45) is -6.05. The maximum Gasteiger partial charge on any atom is 0.427 e. The van der Waals surface area contributed by atoms with Crippen LogP contribution in [0.4, 0.5) is 18.0 Å². The molecule has 2 saturated carbocycles. The van der Waals surface area contributed by atoms with E-state index >= 15 is 0 Å². The number of amides is 4. The number of nitrogens with zero attached hydrogens (tertiary/aromatic N) is 2. The van der Waals surface area contributed by atoms with Crippen LogP contribution < -0.4 is 24.8 Å². The van der Waals surface area contributed by atoms with Crippen molar-refractivity contribution >= 4 is 56.6 Å². The Hall–Kier alpha value is -4.14. The second-order valence-electron chi connectivity index (χ2n) is 15.4. The van der Waals surface area contributed by atoms with E-state index in [1.54, 1.807) is 32.0 Å². The van der Waals surface area contributed by atoms with Crippen LogP contribution in [0.3, 0.4) is 0 Å². The van der Waals surface area contributed by atoms with Crippen LogP contribution in [0.15, 0.2) is 24.3 Å². The van der Waals surface area contributed by atoms with Crippen LogP contribution in [0.1, 0.15) is 72.6 Å². The van der Waals surface area contributed by atoms with E-state index in [0.29, 0.717) is 49.0 Å². The highest BCUT2D eigenvalue weighted by atomic mass is 35.5. The van der Waals surface area contributed by atoms with E-state index in [9.17, 15) is 40.8 Å². The Morgan fingerprint density at radius 2 is 1.79 bits per heavy atom. The molecule has 4 fully saturated rings. The Balaban J connectivity index is 1.32. The van der Waals surface area contributed by atoms with E-state index in [2.05, 4.69) is 15.6 Å². The smallest absolute Gasteiger partial charge is 0.427 e. The lowest BCUT2D eigenvalue weighted by molar-refractivity contribution is -0.244. The van der Waals surface area contributed by atoms with Crippen molar-refractivity contribution in [3.8, 4) is 11.6 Å². The number of alkyl halides is 3. The lowest BCUT2D eigenvalue weighted by Crippen LogP contribution is -2.60. The molecule has 21 heteroatoms. The van der Waals surface area contributed by atoms with Gasteiger partial charge in [0.15, 0.2) is 0 Å². The number of para-hydroxylation sites is 1. The van der Waals surface area contributed by atoms with Crippen LogP contribution in [-0.2, 0) is 38.3 Å². The lowest BCUT2D eigenvalue weighted by atomic mass is 9.90.